The number of thioether (sulfide) groups is 1. The SMILES string of the molecule is CSCC[C@H](NC(=O)[C@@H]1CCC(=O)N1)c1nc2ccccc2[nH]1. The van der Waals surface area contributed by atoms with Crippen molar-refractivity contribution in [3.8, 4) is 0 Å². The Morgan fingerprint density at radius 3 is 3.00 bits per heavy atom. The molecule has 0 radical (unpaired) electrons. The van der Waals surface area contributed by atoms with Crippen LogP contribution in [0.2, 0.25) is 0 Å². The van der Waals surface area contributed by atoms with Gasteiger partial charge in [-0.2, -0.15) is 11.8 Å². The van der Waals surface area contributed by atoms with Crippen LogP contribution in [-0.2, 0) is 9.59 Å². The molecule has 3 N–H and O–H groups in total. The highest BCUT2D eigenvalue weighted by Crippen LogP contribution is 2.20. The molecule has 1 aliphatic rings. The second-order valence-corrected chi connectivity index (χ2v) is 6.63. The third kappa shape index (κ3) is 3.67. The third-order valence-corrected chi connectivity index (χ3v) is 4.62. The predicted octanol–water partition coefficient (Wildman–Crippen LogP) is 1.75. The number of aromatic nitrogens is 2. The van der Waals surface area contributed by atoms with Crippen molar-refractivity contribution in [1.29, 1.82) is 0 Å². The van der Waals surface area contributed by atoms with Crippen LogP contribution in [0, 0.1) is 0 Å². The van der Waals surface area contributed by atoms with Gasteiger partial charge in [0.15, 0.2) is 0 Å². The lowest BCUT2D eigenvalue weighted by molar-refractivity contribution is -0.126. The first-order valence-corrected chi connectivity index (χ1v) is 9.10. The summed E-state index contributed by atoms with van der Waals surface area (Å²) in [5, 5.41) is 5.74. The summed E-state index contributed by atoms with van der Waals surface area (Å²) in [6, 6.07) is 7.20. The number of nitrogens with zero attached hydrogens (tertiary/aromatic N) is 1. The number of H-pyrrole nitrogens is 1. The van der Waals surface area contributed by atoms with Gasteiger partial charge in [0.25, 0.3) is 0 Å². The smallest absolute Gasteiger partial charge is 0.243 e. The van der Waals surface area contributed by atoms with Crippen molar-refractivity contribution >= 4 is 34.6 Å². The maximum absolute atomic E-state index is 12.4. The standard InChI is InChI=1S/C16H20N4O2S/c1-23-9-8-12(20-16(22)13-6-7-14(21)17-13)15-18-10-4-2-3-5-11(10)19-15/h2-5,12-13H,6-9H2,1H3,(H,17,21)(H,18,19)(H,20,22)/t12-,13-/m0/s1. The van der Waals surface area contributed by atoms with Gasteiger partial charge in [-0.1, -0.05) is 12.1 Å². The van der Waals surface area contributed by atoms with Crippen LogP contribution >= 0.6 is 11.8 Å². The van der Waals surface area contributed by atoms with E-state index < -0.39 is 6.04 Å². The maximum Gasteiger partial charge on any atom is 0.243 e. The van der Waals surface area contributed by atoms with Crippen LogP contribution in [0.4, 0.5) is 0 Å². The van der Waals surface area contributed by atoms with Gasteiger partial charge < -0.3 is 15.6 Å². The highest BCUT2D eigenvalue weighted by atomic mass is 32.2. The van der Waals surface area contributed by atoms with Crippen molar-refractivity contribution in [3.63, 3.8) is 0 Å². The molecule has 2 heterocycles. The quantitative estimate of drug-likeness (QED) is 0.752. The van der Waals surface area contributed by atoms with Gasteiger partial charge in [-0.3, -0.25) is 9.59 Å². The summed E-state index contributed by atoms with van der Waals surface area (Å²) < 4.78 is 0. The first-order valence-electron chi connectivity index (χ1n) is 7.70. The van der Waals surface area contributed by atoms with E-state index in [0.717, 1.165) is 29.0 Å². The highest BCUT2D eigenvalue weighted by Gasteiger charge is 2.29. The topological polar surface area (TPSA) is 86.9 Å². The van der Waals surface area contributed by atoms with Crippen LogP contribution < -0.4 is 10.6 Å². The first-order chi connectivity index (χ1) is 11.2. The zero-order chi connectivity index (χ0) is 16.2. The van der Waals surface area contributed by atoms with Crippen molar-refractivity contribution in [1.82, 2.24) is 20.6 Å². The fourth-order valence-corrected chi connectivity index (χ4v) is 3.20. The van der Waals surface area contributed by atoms with Crippen LogP contribution in [0.1, 0.15) is 31.1 Å². The van der Waals surface area contributed by atoms with Gasteiger partial charge in [-0.15, -0.1) is 0 Å². The molecule has 1 aromatic heterocycles. The van der Waals surface area contributed by atoms with E-state index in [1.807, 2.05) is 30.5 Å². The van der Waals surface area contributed by atoms with Crippen molar-refractivity contribution in [2.24, 2.45) is 0 Å². The molecule has 2 atom stereocenters. The molecule has 0 bridgehead atoms. The monoisotopic (exact) mass is 332 g/mol. The van der Waals surface area contributed by atoms with Crippen LogP contribution in [0.3, 0.4) is 0 Å². The summed E-state index contributed by atoms with van der Waals surface area (Å²) in [6.07, 6.45) is 3.79. The van der Waals surface area contributed by atoms with Gasteiger partial charge in [0.05, 0.1) is 17.1 Å². The van der Waals surface area contributed by atoms with E-state index in [4.69, 9.17) is 0 Å². The second-order valence-electron chi connectivity index (χ2n) is 5.64. The zero-order valence-electron chi connectivity index (χ0n) is 13.0. The Kier molecular flexibility index (Phi) is 4.85. The summed E-state index contributed by atoms with van der Waals surface area (Å²) >= 11 is 1.73. The lowest BCUT2D eigenvalue weighted by Gasteiger charge is -2.19. The Bertz CT molecular complexity index is 682. The largest absolute Gasteiger partial charge is 0.344 e. The Hall–Kier alpha value is -2.02. The molecule has 0 saturated carbocycles. The van der Waals surface area contributed by atoms with Crippen LogP contribution in [0.25, 0.3) is 11.0 Å². The number of rotatable bonds is 6. The maximum atomic E-state index is 12.4. The molecule has 7 heteroatoms. The number of hydrogen-bond acceptors (Lipinski definition) is 4. The molecule has 1 aliphatic heterocycles. The van der Waals surface area contributed by atoms with E-state index in [0.29, 0.717) is 12.8 Å². The molecular formula is C16H20N4O2S. The third-order valence-electron chi connectivity index (χ3n) is 3.98. The van der Waals surface area contributed by atoms with E-state index >= 15 is 0 Å². The molecule has 3 rings (SSSR count). The normalized spacial score (nSPS) is 18.8. The van der Waals surface area contributed by atoms with E-state index in [9.17, 15) is 9.59 Å². The molecule has 1 fully saturated rings. The molecule has 2 aromatic rings. The molecule has 122 valence electrons. The fraction of sp³-hybridized carbons (Fsp3) is 0.438. The number of nitrogens with one attached hydrogen (secondary N) is 3. The molecule has 23 heavy (non-hydrogen) atoms. The molecule has 1 aromatic carbocycles. The molecular weight excluding hydrogens is 312 g/mol. The van der Waals surface area contributed by atoms with Crippen molar-refractivity contribution in [2.45, 2.75) is 31.3 Å². The van der Waals surface area contributed by atoms with Crippen molar-refractivity contribution in [2.75, 3.05) is 12.0 Å². The Labute approximate surface area is 138 Å². The fourth-order valence-electron chi connectivity index (χ4n) is 2.73. The number of hydrogen-bond donors (Lipinski definition) is 3. The number of benzene rings is 1. The van der Waals surface area contributed by atoms with Gasteiger partial charge in [-0.05, 0) is 37.0 Å². The number of aromatic amines is 1. The zero-order valence-corrected chi connectivity index (χ0v) is 13.8. The Morgan fingerprint density at radius 2 is 2.30 bits per heavy atom. The average Bonchev–Trinajstić information content (AvgIpc) is 3.17. The minimum Gasteiger partial charge on any atom is -0.344 e. The van der Waals surface area contributed by atoms with E-state index in [1.54, 1.807) is 11.8 Å². The summed E-state index contributed by atoms with van der Waals surface area (Å²) in [6.45, 7) is 0. The molecule has 2 amide bonds. The Morgan fingerprint density at radius 1 is 1.48 bits per heavy atom. The summed E-state index contributed by atoms with van der Waals surface area (Å²) in [5.74, 6) is 1.48. The van der Waals surface area contributed by atoms with Crippen LogP contribution in [0.5, 0.6) is 0 Å². The molecule has 0 aliphatic carbocycles. The van der Waals surface area contributed by atoms with Crippen LogP contribution in [0.15, 0.2) is 24.3 Å². The van der Waals surface area contributed by atoms with Gasteiger partial charge in [0, 0.05) is 6.42 Å². The van der Waals surface area contributed by atoms with Crippen LogP contribution in [-0.4, -0.2) is 39.8 Å². The van der Waals surface area contributed by atoms with Crippen molar-refractivity contribution < 1.29 is 9.59 Å². The molecule has 1 saturated heterocycles. The van der Waals surface area contributed by atoms with Gasteiger partial charge in [0.1, 0.15) is 11.9 Å². The molecule has 6 nitrogen and oxygen atoms in total. The molecule has 0 unspecified atom stereocenters. The lowest BCUT2D eigenvalue weighted by atomic mass is 10.1. The van der Waals surface area contributed by atoms with Gasteiger partial charge in [-0.25, -0.2) is 4.98 Å². The number of amides is 2. The number of carbonyl (C=O) groups is 2. The average molecular weight is 332 g/mol. The second kappa shape index (κ2) is 7.04. The summed E-state index contributed by atoms with van der Waals surface area (Å²) in [4.78, 5) is 31.5. The minimum absolute atomic E-state index is 0.0606. The van der Waals surface area contributed by atoms with Gasteiger partial charge >= 0.3 is 0 Å². The van der Waals surface area contributed by atoms with E-state index in [2.05, 4.69) is 20.6 Å². The summed E-state index contributed by atoms with van der Waals surface area (Å²) in [7, 11) is 0. The number of para-hydroxylation sites is 2. The lowest BCUT2D eigenvalue weighted by Crippen LogP contribution is -2.43. The molecule has 0 spiro atoms. The number of fused-ring (bicyclic) bond motifs is 1. The van der Waals surface area contributed by atoms with E-state index in [1.165, 1.54) is 0 Å². The predicted molar refractivity (Wildman–Crippen MR) is 91.1 cm³/mol. The van der Waals surface area contributed by atoms with E-state index in [-0.39, 0.29) is 17.9 Å². The highest BCUT2D eigenvalue weighted by molar-refractivity contribution is 7.98. The summed E-state index contributed by atoms with van der Waals surface area (Å²) in [5.41, 5.74) is 1.85. The Balaban J connectivity index is 1.76. The minimum atomic E-state index is -0.427. The number of imidazole rings is 1. The van der Waals surface area contributed by atoms with Gasteiger partial charge in [0.2, 0.25) is 11.8 Å². The van der Waals surface area contributed by atoms with Crippen molar-refractivity contribution in [3.05, 3.63) is 30.1 Å². The number of carbonyl (C=O) groups excluding carboxylic acids is 2. The first kappa shape index (κ1) is 15.9.